The summed E-state index contributed by atoms with van der Waals surface area (Å²) in [6.07, 6.45) is 14.0. The molecule has 0 aliphatic carbocycles. The van der Waals surface area contributed by atoms with Crippen LogP contribution in [0.15, 0.2) is 0 Å². The Kier molecular flexibility index (Phi) is 13.2. The molecule has 4 nitrogen and oxygen atoms in total. The second-order valence-electron chi connectivity index (χ2n) is 6.92. The minimum Gasteiger partial charge on any atom is -0.480 e. The number of hydrogen-bond acceptors (Lipinski definition) is 3. The Morgan fingerprint density at radius 1 is 0.875 bits per heavy atom. The molecule has 0 saturated carbocycles. The van der Waals surface area contributed by atoms with Gasteiger partial charge < -0.3 is 10.2 Å². The van der Waals surface area contributed by atoms with Crippen LogP contribution in [0.3, 0.4) is 0 Å². The third-order valence-electron chi connectivity index (χ3n) is 4.49. The maximum absolute atomic E-state index is 11.5. The Morgan fingerprint density at radius 3 is 1.67 bits per heavy atom. The van der Waals surface area contributed by atoms with Crippen molar-refractivity contribution in [2.45, 2.75) is 108 Å². The smallest absolute Gasteiger partial charge is 0.319 e. The van der Waals surface area contributed by atoms with Crippen LogP contribution in [0.1, 0.15) is 97.8 Å². The molecule has 0 aromatic heterocycles. The minimum absolute atomic E-state index is 0.529. The molecule has 0 fully saturated rings. The molecule has 2 N–H and O–H groups in total. The lowest BCUT2D eigenvalue weighted by Crippen LogP contribution is -2.35. The van der Waals surface area contributed by atoms with E-state index in [0.717, 1.165) is 31.0 Å². The molecule has 0 aliphatic rings. The number of hydrogen-bond donors (Lipinski definition) is 2. The Balaban J connectivity index is 3.78. The normalized spacial score (nSPS) is 15.0. The predicted molar refractivity (Wildman–Crippen MR) is 102 cm³/mol. The lowest BCUT2D eigenvalue weighted by molar-refractivity contribution is -0.139. The number of unbranched alkanes of at least 4 members (excludes halogenated alkanes) is 10. The average Bonchev–Trinajstić information content (AvgIpc) is 2.52. The summed E-state index contributed by atoms with van der Waals surface area (Å²) >= 11 is 1.05. The van der Waals surface area contributed by atoms with E-state index < -0.39 is 21.9 Å². The Morgan fingerprint density at radius 2 is 1.29 bits per heavy atom. The first-order valence-corrected chi connectivity index (χ1v) is 10.4. The number of rotatable bonds is 16. The topological polar surface area (TPSA) is 74.6 Å². The molecule has 0 aromatic carbocycles. The molecular weight excluding hydrogens is 324 g/mol. The summed E-state index contributed by atoms with van der Waals surface area (Å²) in [6.45, 7) is 5.43. The predicted octanol–water partition coefficient (Wildman–Crippen LogP) is 5.74. The number of carboxylic acids is 2. The van der Waals surface area contributed by atoms with Gasteiger partial charge in [0, 0.05) is 0 Å². The SMILES string of the molecule is CCCCCCCCCCCCCC(C)(SC(C)C(=O)O)C(=O)O. The Hall–Kier alpha value is -0.710. The molecule has 0 saturated heterocycles. The highest BCUT2D eigenvalue weighted by molar-refractivity contribution is 8.02. The first-order chi connectivity index (χ1) is 11.3. The molecule has 0 aliphatic heterocycles. The molecule has 2 unspecified atom stereocenters. The second kappa shape index (κ2) is 13.6. The molecule has 0 rings (SSSR count). The second-order valence-corrected chi connectivity index (χ2v) is 8.76. The van der Waals surface area contributed by atoms with Crippen molar-refractivity contribution in [1.82, 2.24) is 0 Å². The van der Waals surface area contributed by atoms with Crippen molar-refractivity contribution in [3.8, 4) is 0 Å². The summed E-state index contributed by atoms with van der Waals surface area (Å²) in [4.78, 5) is 22.4. The standard InChI is InChI=1S/C19H36O4S/c1-4-5-6-7-8-9-10-11-12-13-14-15-19(3,18(22)23)24-16(2)17(20)21/h16H,4-15H2,1-3H3,(H,20,21)(H,22,23). The van der Waals surface area contributed by atoms with Crippen LogP contribution in [0.25, 0.3) is 0 Å². The molecule has 0 spiro atoms. The molecule has 0 heterocycles. The van der Waals surface area contributed by atoms with Crippen molar-refractivity contribution >= 4 is 23.7 Å². The quantitative estimate of drug-likeness (QED) is 0.343. The Labute approximate surface area is 151 Å². The van der Waals surface area contributed by atoms with Crippen LogP contribution < -0.4 is 0 Å². The molecule has 0 aromatic rings. The highest BCUT2D eigenvalue weighted by Gasteiger charge is 2.36. The van der Waals surface area contributed by atoms with Gasteiger partial charge in [0.15, 0.2) is 0 Å². The highest BCUT2D eigenvalue weighted by atomic mass is 32.2. The van der Waals surface area contributed by atoms with E-state index in [1.807, 2.05) is 0 Å². The van der Waals surface area contributed by atoms with E-state index in [9.17, 15) is 14.7 Å². The lowest BCUT2D eigenvalue weighted by atomic mass is 10.0. The van der Waals surface area contributed by atoms with Crippen LogP contribution in [-0.4, -0.2) is 32.1 Å². The third-order valence-corrected chi connectivity index (χ3v) is 5.95. The largest absolute Gasteiger partial charge is 0.480 e. The molecular formula is C19H36O4S. The van der Waals surface area contributed by atoms with Gasteiger partial charge in [-0.15, -0.1) is 11.8 Å². The van der Waals surface area contributed by atoms with Gasteiger partial charge in [0.05, 0.1) is 0 Å². The monoisotopic (exact) mass is 360 g/mol. The number of carboxylic acid groups (broad SMARTS) is 2. The van der Waals surface area contributed by atoms with Crippen molar-refractivity contribution in [2.75, 3.05) is 0 Å². The summed E-state index contributed by atoms with van der Waals surface area (Å²) in [5.74, 6) is -1.86. The summed E-state index contributed by atoms with van der Waals surface area (Å²) < 4.78 is -1.00. The van der Waals surface area contributed by atoms with Gasteiger partial charge in [0.25, 0.3) is 0 Å². The van der Waals surface area contributed by atoms with Crippen molar-refractivity contribution in [3.05, 3.63) is 0 Å². The van der Waals surface area contributed by atoms with Gasteiger partial charge in [-0.3, -0.25) is 9.59 Å². The van der Waals surface area contributed by atoms with E-state index in [2.05, 4.69) is 6.92 Å². The van der Waals surface area contributed by atoms with Crippen LogP contribution >= 0.6 is 11.8 Å². The van der Waals surface area contributed by atoms with Gasteiger partial charge in [-0.25, -0.2) is 0 Å². The van der Waals surface area contributed by atoms with E-state index in [-0.39, 0.29) is 0 Å². The van der Waals surface area contributed by atoms with Crippen molar-refractivity contribution in [2.24, 2.45) is 0 Å². The van der Waals surface area contributed by atoms with Crippen molar-refractivity contribution in [3.63, 3.8) is 0 Å². The maximum Gasteiger partial charge on any atom is 0.319 e. The first kappa shape index (κ1) is 23.3. The molecule has 142 valence electrons. The molecule has 0 bridgehead atoms. The maximum atomic E-state index is 11.5. The highest BCUT2D eigenvalue weighted by Crippen LogP contribution is 2.34. The van der Waals surface area contributed by atoms with E-state index in [1.165, 1.54) is 51.4 Å². The molecule has 0 radical (unpaired) electrons. The fourth-order valence-electron chi connectivity index (χ4n) is 2.78. The van der Waals surface area contributed by atoms with E-state index >= 15 is 0 Å². The number of thioether (sulfide) groups is 1. The average molecular weight is 361 g/mol. The lowest BCUT2D eigenvalue weighted by Gasteiger charge is -2.26. The van der Waals surface area contributed by atoms with Crippen LogP contribution in [0.4, 0.5) is 0 Å². The molecule has 2 atom stereocenters. The van der Waals surface area contributed by atoms with Crippen LogP contribution in [0.5, 0.6) is 0 Å². The summed E-state index contributed by atoms with van der Waals surface area (Å²) in [5.41, 5.74) is 0. The van der Waals surface area contributed by atoms with Crippen molar-refractivity contribution in [1.29, 1.82) is 0 Å². The molecule has 24 heavy (non-hydrogen) atoms. The van der Waals surface area contributed by atoms with Gasteiger partial charge in [-0.1, -0.05) is 77.6 Å². The van der Waals surface area contributed by atoms with E-state index in [1.54, 1.807) is 13.8 Å². The number of carbonyl (C=O) groups is 2. The van der Waals surface area contributed by atoms with Gasteiger partial charge >= 0.3 is 11.9 Å². The van der Waals surface area contributed by atoms with Gasteiger partial charge in [-0.2, -0.15) is 0 Å². The van der Waals surface area contributed by atoms with E-state index in [4.69, 9.17) is 5.11 Å². The van der Waals surface area contributed by atoms with E-state index in [0.29, 0.717) is 6.42 Å². The third kappa shape index (κ3) is 11.0. The van der Waals surface area contributed by atoms with Gasteiger partial charge in [0.1, 0.15) is 10.00 Å². The molecule has 5 heteroatoms. The summed E-state index contributed by atoms with van der Waals surface area (Å²) in [7, 11) is 0. The van der Waals surface area contributed by atoms with Gasteiger partial charge in [-0.05, 0) is 20.3 Å². The first-order valence-electron chi connectivity index (χ1n) is 9.47. The van der Waals surface area contributed by atoms with Crippen LogP contribution in [0, 0.1) is 0 Å². The van der Waals surface area contributed by atoms with Crippen molar-refractivity contribution < 1.29 is 19.8 Å². The zero-order chi connectivity index (χ0) is 18.4. The zero-order valence-electron chi connectivity index (χ0n) is 15.7. The van der Waals surface area contributed by atoms with Crippen LogP contribution in [0.2, 0.25) is 0 Å². The minimum atomic E-state index is -1.00. The summed E-state index contributed by atoms with van der Waals surface area (Å²) in [6, 6.07) is 0. The fourth-order valence-corrected chi connectivity index (χ4v) is 4.03. The summed E-state index contributed by atoms with van der Waals surface area (Å²) in [5, 5.41) is 17.7. The number of aliphatic carboxylic acids is 2. The Bertz CT molecular complexity index is 359. The fraction of sp³-hybridized carbons (Fsp3) is 0.895. The zero-order valence-corrected chi connectivity index (χ0v) is 16.5. The van der Waals surface area contributed by atoms with Gasteiger partial charge in [0.2, 0.25) is 0 Å². The molecule has 0 amide bonds. The van der Waals surface area contributed by atoms with Crippen LogP contribution in [-0.2, 0) is 9.59 Å².